The Kier molecular flexibility index (Phi) is 3.94. The monoisotopic (exact) mass is 309 g/mol. The summed E-state index contributed by atoms with van der Waals surface area (Å²) in [7, 11) is 0. The summed E-state index contributed by atoms with van der Waals surface area (Å²) in [5.74, 6) is 1.71. The lowest BCUT2D eigenvalue weighted by Crippen LogP contribution is -2.30. The van der Waals surface area contributed by atoms with Gasteiger partial charge in [0, 0.05) is 6.04 Å². The van der Waals surface area contributed by atoms with Crippen LogP contribution >= 0.6 is 0 Å². The Hall–Kier alpha value is -2.40. The first-order valence-electron chi connectivity index (χ1n) is 8.03. The van der Waals surface area contributed by atoms with Crippen molar-refractivity contribution in [1.82, 2.24) is 15.1 Å². The standard InChI is InChI=1S/C18H19N3O2/c1-2-6-14(7-3-1)12-15-8-4-10-21(15)13-17-19-20-18(23-17)16-9-5-11-22-16/h1-3,5-7,9,11,15H,4,8,10,12-13H2. The summed E-state index contributed by atoms with van der Waals surface area (Å²) in [5, 5.41) is 8.23. The molecular weight excluding hydrogens is 290 g/mol. The minimum Gasteiger partial charge on any atom is -0.459 e. The number of hydrogen-bond acceptors (Lipinski definition) is 5. The van der Waals surface area contributed by atoms with Gasteiger partial charge in [-0.3, -0.25) is 4.90 Å². The van der Waals surface area contributed by atoms with Crippen molar-refractivity contribution in [3.05, 3.63) is 60.2 Å². The Morgan fingerprint density at radius 1 is 1.09 bits per heavy atom. The van der Waals surface area contributed by atoms with Crippen LogP contribution in [0.5, 0.6) is 0 Å². The van der Waals surface area contributed by atoms with Crippen LogP contribution in [0.2, 0.25) is 0 Å². The van der Waals surface area contributed by atoms with E-state index in [1.54, 1.807) is 6.26 Å². The highest BCUT2D eigenvalue weighted by Gasteiger charge is 2.26. The molecule has 1 fully saturated rings. The maximum atomic E-state index is 5.73. The number of rotatable bonds is 5. The first kappa shape index (κ1) is 14.2. The molecule has 1 unspecified atom stereocenters. The van der Waals surface area contributed by atoms with Crippen LogP contribution in [0.25, 0.3) is 11.7 Å². The van der Waals surface area contributed by atoms with E-state index < -0.39 is 0 Å². The third-order valence-corrected chi connectivity index (χ3v) is 4.35. The number of nitrogens with zero attached hydrogens (tertiary/aromatic N) is 3. The topological polar surface area (TPSA) is 55.3 Å². The van der Waals surface area contributed by atoms with Gasteiger partial charge in [0.05, 0.1) is 12.8 Å². The number of likely N-dealkylation sites (tertiary alicyclic amines) is 1. The summed E-state index contributed by atoms with van der Waals surface area (Å²) in [5.41, 5.74) is 1.38. The fourth-order valence-electron chi connectivity index (χ4n) is 3.21. The molecular formula is C18H19N3O2. The van der Waals surface area contributed by atoms with Crippen molar-refractivity contribution >= 4 is 0 Å². The SMILES string of the molecule is c1ccc(CC2CCCN2Cc2nnc(-c3ccco3)o2)cc1. The zero-order valence-corrected chi connectivity index (χ0v) is 12.9. The predicted octanol–water partition coefficient (Wildman–Crippen LogP) is 3.54. The van der Waals surface area contributed by atoms with Gasteiger partial charge in [0.2, 0.25) is 5.89 Å². The molecule has 0 amide bonds. The second kappa shape index (κ2) is 6.38. The summed E-state index contributed by atoms with van der Waals surface area (Å²) >= 11 is 0. The van der Waals surface area contributed by atoms with Crippen molar-refractivity contribution in [3.63, 3.8) is 0 Å². The molecule has 5 nitrogen and oxygen atoms in total. The van der Waals surface area contributed by atoms with E-state index in [-0.39, 0.29) is 0 Å². The summed E-state index contributed by atoms with van der Waals surface area (Å²) in [6.45, 7) is 1.78. The summed E-state index contributed by atoms with van der Waals surface area (Å²) in [4.78, 5) is 2.44. The molecule has 2 aromatic heterocycles. The van der Waals surface area contributed by atoms with Crippen LogP contribution in [-0.4, -0.2) is 27.7 Å². The highest BCUT2D eigenvalue weighted by atomic mass is 16.4. The molecule has 118 valence electrons. The van der Waals surface area contributed by atoms with Crippen molar-refractivity contribution in [3.8, 4) is 11.7 Å². The molecule has 1 aliphatic rings. The second-order valence-corrected chi connectivity index (χ2v) is 5.93. The highest BCUT2D eigenvalue weighted by molar-refractivity contribution is 5.42. The molecule has 0 bridgehead atoms. The van der Waals surface area contributed by atoms with E-state index in [0.29, 0.717) is 30.1 Å². The molecule has 0 saturated carbocycles. The van der Waals surface area contributed by atoms with Crippen molar-refractivity contribution in [2.45, 2.75) is 31.8 Å². The molecule has 23 heavy (non-hydrogen) atoms. The summed E-state index contributed by atoms with van der Waals surface area (Å²) in [6.07, 6.45) is 5.11. The number of furan rings is 1. The number of aromatic nitrogens is 2. The van der Waals surface area contributed by atoms with E-state index in [9.17, 15) is 0 Å². The van der Waals surface area contributed by atoms with E-state index in [1.807, 2.05) is 12.1 Å². The van der Waals surface area contributed by atoms with Gasteiger partial charge >= 0.3 is 0 Å². The van der Waals surface area contributed by atoms with Gasteiger partial charge < -0.3 is 8.83 Å². The van der Waals surface area contributed by atoms with Gasteiger partial charge in [-0.15, -0.1) is 10.2 Å². The third-order valence-electron chi connectivity index (χ3n) is 4.35. The lowest BCUT2D eigenvalue weighted by Gasteiger charge is -2.22. The van der Waals surface area contributed by atoms with Crippen LogP contribution in [0.3, 0.4) is 0 Å². The first-order chi connectivity index (χ1) is 11.4. The Bertz CT molecular complexity index is 737. The van der Waals surface area contributed by atoms with Crippen molar-refractivity contribution < 1.29 is 8.83 Å². The van der Waals surface area contributed by atoms with E-state index in [2.05, 4.69) is 45.4 Å². The largest absolute Gasteiger partial charge is 0.459 e. The maximum Gasteiger partial charge on any atom is 0.283 e. The van der Waals surface area contributed by atoms with Crippen molar-refractivity contribution in [1.29, 1.82) is 0 Å². The Morgan fingerprint density at radius 3 is 2.83 bits per heavy atom. The van der Waals surface area contributed by atoms with Crippen LogP contribution in [0, 0.1) is 0 Å². The van der Waals surface area contributed by atoms with Crippen LogP contribution in [0.15, 0.2) is 57.6 Å². The van der Waals surface area contributed by atoms with Gasteiger partial charge in [0.1, 0.15) is 0 Å². The molecule has 0 radical (unpaired) electrons. The molecule has 0 spiro atoms. The lowest BCUT2D eigenvalue weighted by atomic mass is 10.0. The molecule has 1 aromatic carbocycles. The van der Waals surface area contributed by atoms with Gasteiger partial charge in [-0.25, -0.2) is 0 Å². The zero-order valence-electron chi connectivity index (χ0n) is 12.9. The van der Waals surface area contributed by atoms with Gasteiger partial charge in [-0.05, 0) is 43.5 Å². The number of benzene rings is 1. The van der Waals surface area contributed by atoms with Gasteiger partial charge in [-0.2, -0.15) is 0 Å². The fraction of sp³-hybridized carbons (Fsp3) is 0.333. The molecule has 4 rings (SSSR count). The van der Waals surface area contributed by atoms with Gasteiger partial charge in [0.25, 0.3) is 5.89 Å². The van der Waals surface area contributed by atoms with E-state index in [1.165, 1.54) is 18.4 Å². The summed E-state index contributed by atoms with van der Waals surface area (Å²) < 4.78 is 11.0. The average Bonchev–Trinajstić information content (AvgIpc) is 3.31. The van der Waals surface area contributed by atoms with Gasteiger partial charge in [-0.1, -0.05) is 30.3 Å². The molecule has 1 aliphatic heterocycles. The maximum absolute atomic E-state index is 5.73. The highest BCUT2D eigenvalue weighted by Crippen LogP contribution is 2.24. The van der Waals surface area contributed by atoms with Crippen LogP contribution < -0.4 is 0 Å². The normalized spacial score (nSPS) is 18.5. The fourth-order valence-corrected chi connectivity index (χ4v) is 3.21. The minimum atomic E-state index is 0.448. The van der Waals surface area contributed by atoms with Gasteiger partial charge in [0.15, 0.2) is 5.76 Å². The zero-order chi connectivity index (χ0) is 15.5. The molecule has 0 aliphatic carbocycles. The number of hydrogen-bond donors (Lipinski definition) is 0. The van der Waals surface area contributed by atoms with Crippen LogP contribution in [-0.2, 0) is 13.0 Å². The van der Waals surface area contributed by atoms with Crippen molar-refractivity contribution in [2.24, 2.45) is 0 Å². The van der Waals surface area contributed by atoms with Crippen LogP contribution in [0.4, 0.5) is 0 Å². The Balaban J connectivity index is 1.43. The summed E-state index contributed by atoms with van der Waals surface area (Å²) in [6, 6.07) is 14.8. The molecule has 0 N–H and O–H groups in total. The Labute approximate surface area is 134 Å². The molecule has 3 heterocycles. The first-order valence-corrected chi connectivity index (χ1v) is 8.03. The molecule has 3 aromatic rings. The molecule has 1 atom stereocenters. The Morgan fingerprint density at radius 2 is 2.00 bits per heavy atom. The quantitative estimate of drug-likeness (QED) is 0.721. The van der Waals surface area contributed by atoms with E-state index in [4.69, 9.17) is 8.83 Å². The second-order valence-electron chi connectivity index (χ2n) is 5.93. The molecule has 1 saturated heterocycles. The minimum absolute atomic E-state index is 0.448. The van der Waals surface area contributed by atoms with Crippen molar-refractivity contribution in [2.75, 3.05) is 6.54 Å². The smallest absolute Gasteiger partial charge is 0.283 e. The van der Waals surface area contributed by atoms with E-state index in [0.717, 1.165) is 13.0 Å². The third kappa shape index (κ3) is 3.19. The lowest BCUT2D eigenvalue weighted by molar-refractivity contribution is 0.220. The molecule has 5 heteroatoms. The van der Waals surface area contributed by atoms with E-state index >= 15 is 0 Å². The predicted molar refractivity (Wildman–Crippen MR) is 85.6 cm³/mol. The average molecular weight is 309 g/mol. The van der Waals surface area contributed by atoms with Crippen LogP contribution in [0.1, 0.15) is 24.3 Å².